The molecule has 160 valence electrons. The molecule has 2 atom stereocenters. The Morgan fingerprint density at radius 1 is 1.00 bits per heavy atom. The minimum atomic E-state index is -0.189. The van der Waals surface area contributed by atoms with Crippen LogP contribution in [0.1, 0.15) is 29.1 Å². The number of hydrogen-bond donors (Lipinski definition) is 1. The van der Waals surface area contributed by atoms with Crippen LogP contribution in [0.2, 0.25) is 5.02 Å². The first-order chi connectivity index (χ1) is 15.6. The minimum absolute atomic E-state index is 0.150. The van der Waals surface area contributed by atoms with E-state index < -0.39 is 0 Å². The molecule has 4 aromatic rings. The molecule has 1 aliphatic rings. The van der Waals surface area contributed by atoms with E-state index in [-0.39, 0.29) is 12.1 Å². The number of aromatic nitrogens is 1. The quantitative estimate of drug-likeness (QED) is 0.313. The first-order valence-electron chi connectivity index (χ1n) is 10.2. The third-order valence-corrected chi connectivity index (χ3v) is 6.83. The standard InChI is InChI=1S/C25H20ClN3OS2/c1-16-5-11-19(12-6-16)32-22-14-13-21(30-22)24-23(20-4-2-3-15-27-20)28-25(31)29(24)18-9-7-17(26)8-10-18/h2-15,23-24H,1H3,(H,28,31). The van der Waals surface area contributed by atoms with Crippen molar-refractivity contribution in [2.24, 2.45) is 0 Å². The Hall–Kier alpha value is -2.80. The topological polar surface area (TPSA) is 41.3 Å². The van der Waals surface area contributed by atoms with Gasteiger partial charge < -0.3 is 14.6 Å². The van der Waals surface area contributed by atoms with Crippen molar-refractivity contribution in [3.05, 3.63) is 107 Å². The van der Waals surface area contributed by atoms with Crippen LogP contribution in [0, 0.1) is 6.92 Å². The number of furan rings is 1. The summed E-state index contributed by atoms with van der Waals surface area (Å²) in [5.41, 5.74) is 3.08. The lowest BCUT2D eigenvalue weighted by molar-refractivity contribution is 0.383. The second kappa shape index (κ2) is 8.98. The van der Waals surface area contributed by atoms with Crippen molar-refractivity contribution in [3.8, 4) is 0 Å². The largest absolute Gasteiger partial charge is 0.452 e. The molecule has 7 heteroatoms. The lowest BCUT2D eigenvalue weighted by Gasteiger charge is -2.26. The molecule has 2 unspecified atom stereocenters. The number of nitrogens with zero attached hydrogens (tertiary/aromatic N) is 2. The maximum absolute atomic E-state index is 6.35. The van der Waals surface area contributed by atoms with Gasteiger partial charge in [0.25, 0.3) is 0 Å². The van der Waals surface area contributed by atoms with Gasteiger partial charge in [0.05, 0.1) is 11.7 Å². The monoisotopic (exact) mass is 477 g/mol. The Morgan fingerprint density at radius 3 is 2.50 bits per heavy atom. The molecule has 0 aliphatic carbocycles. The van der Waals surface area contributed by atoms with E-state index in [0.29, 0.717) is 10.1 Å². The summed E-state index contributed by atoms with van der Waals surface area (Å²) in [5, 5.41) is 5.58. The van der Waals surface area contributed by atoms with E-state index in [2.05, 4.69) is 46.4 Å². The van der Waals surface area contributed by atoms with Crippen LogP contribution in [0.15, 0.2) is 99.5 Å². The molecular weight excluding hydrogens is 458 g/mol. The van der Waals surface area contributed by atoms with E-state index in [1.165, 1.54) is 5.56 Å². The van der Waals surface area contributed by atoms with E-state index in [9.17, 15) is 0 Å². The van der Waals surface area contributed by atoms with E-state index in [1.54, 1.807) is 18.0 Å². The highest BCUT2D eigenvalue weighted by Crippen LogP contribution is 2.43. The van der Waals surface area contributed by atoms with Gasteiger partial charge in [0.15, 0.2) is 10.2 Å². The van der Waals surface area contributed by atoms with Crippen LogP contribution < -0.4 is 10.2 Å². The van der Waals surface area contributed by atoms with Crippen molar-refractivity contribution in [1.29, 1.82) is 0 Å². The molecule has 1 N–H and O–H groups in total. The molecule has 3 heterocycles. The minimum Gasteiger partial charge on any atom is -0.452 e. The fourth-order valence-electron chi connectivity index (χ4n) is 3.79. The van der Waals surface area contributed by atoms with Crippen molar-refractivity contribution < 1.29 is 4.42 Å². The summed E-state index contributed by atoms with van der Waals surface area (Å²) in [6.45, 7) is 2.08. The Morgan fingerprint density at radius 2 is 1.78 bits per heavy atom. The predicted octanol–water partition coefficient (Wildman–Crippen LogP) is 6.96. The molecule has 4 nitrogen and oxygen atoms in total. The van der Waals surface area contributed by atoms with Crippen molar-refractivity contribution >= 4 is 46.4 Å². The van der Waals surface area contributed by atoms with Crippen molar-refractivity contribution in [2.45, 2.75) is 29.0 Å². The van der Waals surface area contributed by atoms with Crippen molar-refractivity contribution in [2.75, 3.05) is 4.90 Å². The van der Waals surface area contributed by atoms with Gasteiger partial charge in [0, 0.05) is 21.8 Å². The lowest BCUT2D eigenvalue weighted by Crippen LogP contribution is -2.29. The van der Waals surface area contributed by atoms with Crippen LogP contribution in [0.5, 0.6) is 0 Å². The molecule has 0 saturated carbocycles. The van der Waals surface area contributed by atoms with Crippen LogP contribution in [0.25, 0.3) is 0 Å². The molecule has 0 bridgehead atoms. The summed E-state index contributed by atoms with van der Waals surface area (Å²) in [4.78, 5) is 7.78. The van der Waals surface area contributed by atoms with Gasteiger partial charge in [0.1, 0.15) is 11.8 Å². The van der Waals surface area contributed by atoms with Gasteiger partial charge in [-0.05, 0) is 79.8 Å². The number of hydrogen-bond acceptors (Lipinski definition) is 4. The maximum Gasteiger partial charge on any atom is 0.174 e. The number of benzene rings is 2. The number of aryl methyl sites for hydroxylation is 1. The van der Waals surface area contributed by atoms with E-state index in [4.69, 9.17) is 28.2 Å². The Bertz CT molecular complexity index is 1230. The average molecular weight is 478 g/mol. The zero-order valence-corrected chi connectivity index (χ0v) is 19.6. The molecule has 1 aliphatic heterocycles. The number of anilines is 1. The number of rotatable bonds is 5. The highest BCUT2D eigenvalue weighted by atomic mass is 35.5. The highest BCUT2D eigenvalue weighted by molar-refractivity contribution is 7.99. The summed E-state index contributed by atoms with van der Waals surface area (Å²) in [5.74, 6) is 0.817. The summed E-state index contributed by atoms with van der Waals surface area (Å²) in [6, 6.07) is 25.7. The first-order valence-corrected chi connectivity index (χ1v) is 11.8. The van der Waals surface area contributed by atoms with Gasteiger partial charge in [-0.15, -0.1) is 0 Å². The van der Waals surface area contributed by atoms with Crippen molar-refractivity contribution in [1.82, 2.24) is 10.3 Å². The van der Waals surface area contributed by atoms with E-state index in [0.717, 1.165) is 27.1 Å². The fourth-order valence-corrected chi connectivity index (χ4v) is 5.04. The van der Waals surface area contributed by atoms with Crippen LogP contribution in [0.4, 0.5) is 5.69 Å². The predicted molar refractivity (Wildman–Crippen MR) is 133 cm³/mol. The maximum atomic E-state index is 6.35. The second-order valence-electron chi connectivity index (χ2n) is 7.54. The molecule has 1 fully saturated rings. The molecule has 2 aromatic carbocycles. The van der Waals surface area contributed by atoms with Crippen LogP contribution in [-0.2, 0) is 0 Å². The van der Waals surface area contributed by atoms with Gasteiger partial charge in [-0.25, -0.2) is 0 Å². The summed E-state index contributed by atoms with van der Waals surface area (Å²) in [6.07, 6.45) is 1.79. The molecule has 2 aromatic heterocycles. The Labute approximate surface area is 201 Å². The third-order valence-electron chi connectivity index (χ3n) is 5.34. The van der Waals surface area contributed by atoms with Crippen LogP contribution in [0.3, 0.4) is 0 Å². The molecule has 1 saturated heterocycles. The van der Waals surface area contributed by atoms with E-state index in [1.807, 2.05) is 54.6 Å². The second-order valence-corrected chi connectivity index (χ2v) is 9.45. The molecule has 0 spiro atoms. The zero-order valence-electron chi connectivity index (χ0n) is 17.2. The van der Waals surface area contributed by atoms with Gasteiger partial charge >= 0.3 is 0 Å². The number of pyridine rings is 1. The molecular formula is C25H20ClN3OS2. The van der Waals surface area contributed by atoms with Crippen LogP contribution in [-0.4, -0.2) is 10.1 Å². The average Bonchev–Trinajstić information content (AvgIpc) is 3.40. The SMILES string of the molecule is Cc1ccc(Sc2ccc(C3C(c4ccccn4)NC(=S)N3c3ccc(Cl)cc3)o2)cc1. The molecule has 32 heavy (non-hydrogen) atoms. The summed E-state index contributed by atoms with van der Waals surface area (Å²) < 4.78 is 6.35. The molecule has 0 radical (unpaired) electrons. The van der Waals surface area contributed by atoms with Gasteiger partial charge in [-0.2, -0.15) is 0 Å². The summed E-state index contributed by atoms with van der Waals surface area (Å²) >= 11 is 13.5. The smallest absolute Gasteiger partial charge is 0.174 e. The molecule has 5 rings (SSSR count). The summed E-state index contributed by atoms with van der Waals surface area (Å²) in [7, 11) is 0. The van der Waals surface area contributed by atoms with Crippen LogP contribution >= 0.6 is 35.6 Å². The zero-order chi connectivity index (χ0) is 22.1. The first kappa shape index (κ1) is 21.1. The molecule has 0 amide bonds. The number of thiocarbonyl (C=S) groups is 1. The normalized spacial score (nSPS) is 18.1. The third kappa shape index (κ3) is 4.26. The number of nitrogens with one attached hydrogen (secondary N) is 1. The van der Waals surface area contributed by atoms with E-state index >= 15 is 0 Å². The van der Waals surface area contributed by atoms with Gasteiger partial charge in [-0.3, -0.25) is 4.98 Å². The van der Waals surface area contributed by atoms with Crippen molar-refractivity contribution in [3.63, 3.8) is 0 Å². The number of halogens is 1. The highest BCUT2D eigenvalue weighted by Gasteiger charge is 2.42. The lowest BCUT2D eigenvalue weighted by atomic mass is 10.0. The Balaban J connectivity index is 1.52. The van der Waals surface area contributed by atoms with Gasteiger partial charge in [-0.1, -0.05) is 47.1 Å². The van der Waals surface area contributed by atoms with Gasteiger partial charge in [0.2, 0.25) is 0 Å². The fraction of sp³-hybridized carbons (Fsp3) is 0.120. The Kier molecular flexibility index (Phi) is 5.91.